The molecule has 0 bridgehead atoms. The van der Waals surface area contributed by atoms with Gasteiger partial charge in [-0.3, -0.25) is 0 Å². The molecule has 0 saturated carbocycles. The molecule has 3 heterocycles. The number of methoxy groups -OCH3 is 1. The molecule has 8 nitrogen and oxygen atoms in total. The van der Waals surface area contributed by atoms with E-state index in [4.69, 9.17) is 9.15 Å². The van der Waals surface area contributed by atoms with Crippen molar-refractivity contribution in [1.29, 1.82) is 0 Å². The standard InChI is InChI=1S/C24H21N5O3/c1-16-20(26-23(32-16)18-11-7-4-8-12-18)14-28-24(30)29-21(27-28)13-19(15-31-2)25-22(29)17-9-5-3-6-10-17/h3-13H,14-15H2,1-2H3. The van der Waals surface area contributed by atoms with Crippen molar-refractivity contribution in [3.05, 3.63) is 94.4 Å². The highest BCUT2D eigenvalue weighted by atomic mass is 16.5. The maximum atomic E-state index is 13.3. The Hall–Kier alpha value is -4.04. The van der Waals surface area contributed by atoms with Crippen LogP contribution in [0.25, 0.3) is 28.5 Å². The molecule has 8 heteroatoms. The molecule has 0 atom stereocenters. The summed E-state index contributed by atoms with van der Waals surface area (Å²) >= 11 is 0. The fourth-order valence-corrected chi connectivity index (χ4v) is 3.61. The molecule has 0 aliphatic rings. The van der Waals surface area contributed by atoms with Gasteiger partial charge < -0.3 is 9.15 Å². The topological polar surface area (TPSA) is 87.5 Å². The van der Waals surface area contributed by atoms with E-state index in [1.54, 1.807) is 13.2 Å². The van der Waals surface area contributed by atoms with Crippen LogP contribution in [0, 0.1) is 6.92 Å². The molecule has 0 aliphatic carbocycles. The Morgan fingerprint density at radius 2 is 1.66 bits per heavy atom. The number of aromatic nitrogens is 5. The van der Waals surface area contributed by atoms with E-state index in [1.807, 2.05) is 67.6 Å². The lowest BCUT2D eigenvalue weighted by molar-refractivity contribution is 0.181. The van der Waals surface area contributed by atoms with E-state index in [1.165, 1.54) is 9.08 Å². The zero-order valence-corrected chi connectivity index (χ0v) is 17.7. The summed E-state index contributed by atoms with van der Waals surface area (Å²) in [5.41, 5.74) is 3.25. The number of fused-ring (bicyclic) bond motifs is 1. The molecule has 0 spiro atoms. The molecule has 0 radical (unpaired) electrons. The lowest BCUT2D eigenvalue weighted by atomic mass is 10.2. The number of ether oxygens (including phenoxy) is 1. The monoisotopic (exact) mass is 427 g/mol. The second kappa shape index (κ2) is 8.24. The van der Waals surface area contributed by atoms with Gasteiger partial charge in [0, 0.05) is 24.3 Å². The van der Waals surface area contributed by atoms with Crippen molar-refractivity contribution in [1.82, 2.24) is 24.1 Å². The van der Waals surface area contributed by atoms with Crippen LogP contribution in [0.3, 0.4) is 0 Å². The van der Waals surface area contributed by atoms with Gasteiger partial charge in [-0.05, 0) is 19.1 Å². The number of rotatable bonds is 6. The van der Waals surface area contributed by atoms with Gasteiger partial charge in [0.05, 0.1) is 18.8 Å². The summed E-state index contributed by atoms with van der Waals surface area (Å²) in [5.74, 6) is 1.69. The van der Waals surface area contributed by atoms with Gasteiger partial charge in [0.2, 0.25) is 5.89 Å². The van der Waals surface area contributed by atoms with Crippen LogP contribution in [-0.2, 0) is 17.9 Å². The maximum Gasteiger partial charge on any atom is 0.352 e. The van der Waals surface area contributed by atoms with Crippen molar-refractivity contribution in [3.8, 4) is 22.8 Å². The van der Waals surface area contributed by atoms with Crippen molar-refractivity contribution in [2.45, 2.75) is 20.1 Å². The van der Waals surface area contributed by atoms with Gasteiger partial charge >= 0.3 is 5.69 Å². The van der Waals surface area contributed by atoms with Crippen LogP contribution in [0.5, 0.6) is 0 Å². The van der Waals surface area contributed by atoms with Gasteiger partial charge in [-0.25, -0.2) is 23.8 Å². The highest BCUT2D eigenvalue weighted by molar-refractivity contribution is 5.59. The molecule has 0 fully saturated rings. The van der Waals surface area contributed by atoms with E-state index in [0.717, 1.165) is 11.1 Å². The number of nitrogens with zero attached hydrogens (tertiary/aromatic N) is 5. The van der Waals surface area contributed by atoms with Gasteiger partial charge in [-0.1, -0.05) is 48.5 Å². The van der Waals surface area contributed by atoms with Crippen molar-refractivity contribution in [3.63, 3.8) is 0 Å². The molecule has 0 aliphatic heterocycles. The van der Waals surface area contributed by atoms with Crippen LogP contribution < -0.4 is 5.69 Å². The molecule has 0 unspecified atom stereocenters. The summed E-state index contributed by atoms with van der Waals surface area (Å²) in [5, 5.41) is 4.55. The van der Waals surface area contributed by atoms with Crippen molar-refractivity contribution in [2.24, 2.45) is 0 Å². The predicted octanol–water partition coefficient (Wildman–Crippen LogP) is 3.72. The number of hydrogen-bond acceptors (Lipinski definition) is 6. The molecule has 2 aromatic carbocycles. The summed E-state index contributed by atoms with van der Waals surface area (Å²) in [4.78, 5) is 22.6. The average molecular weight is 427 g/mol. The fraction of sp³-hybridized carbons (Fsp3) is 0.167. The largest absolute Gasteiger partial charge is 0.441 e. The third-order valence-corrected chi connectivity index (χ3v) is 5.16. The van der Waals surface area contributed by atoms with Crippen LogP contribution in [0.15, 0.2) is 75.9 Å². The SMILES string of the molecule is COCc1cc2nn(Cc3nc(-c4ccccc4)oc3C)c(=O)n2c(-c2ccccc2)n1. The summed E-state index contributed by atoms with van der Waals surface area (Å²) in [6.45, 7) is 2.35. The number of hydrogen-bond donors (Lipinski definition) is 0. The van der Waals surface area contributed by atoms with E-state index in [-0.39, 0.29) is 12.2 Å². The third kappa shape index (κ3) is 3.61. The average Bonchev–Trinajstić information content (AvgIpc) is 3.34. The molecule has 0 N–H and O–H groups in total. The fourth-order valence-electron chi connectivity index (χ4n) is 3.61. The van der Waals surface area contributed by atoms with E-state index in [0.29, 0.717) is 41.1 Å². The maximum absolute atomic E-state index is 13.3. The third-order valence-electron chi connectivity index (χ3n) is 5.16. The quantitative estimate of drug-likeness (QED) is 0.410. The minimum absolute atomic E-state index is 0.191. The van der Waals surface area contributed by atoms with Crippen molar-refractivity contribution in [2.75, 3.05) is 7.11 Å². The number of benzene rings is 2. The minimum atomic E-state index is -0.293. The van der Waals surface area contributed by atoms with E-state index < -0.39 is 0 Å². The molecular weight excluding hydrogens is 406 g/mol. The highest BCUT2D eigenvalue weighted by Crippen LogP contribution is 2.22. The Bertz CT molecular complexity index is 1440. The lowest BCUT2D eigenvalue weighted by Crippen LogP contribution is -2.23. The van der Waals surface area contributed by atoms with Gasteiger partial charge in [-0.2, -0.15) is 0 Å². The minimum Gasteiger partial charge on any atom is -0.441 e. The van der Waals surface area contributed by atoms with E-state index in [2.05, 4.69) is 15.1 Å². The number of oxazole rings is 1. The van der Waals surface area contributed by atoms with Crippen LogP contribution in [-0.4, -0.2) is 31.3 Å². The first kappa shape index (κ1) is 19.9. The van der Waals surface area contributed by atoms with Crippen molar-refractivity contribution < 1.29 is 9.15 Å². The number of aryl methyl sites for hydroxylation is 1. The van der Waals surface area contributed by atoms with Gasteiger partial charge in [0.15, 0.2) is 5.65 Å². The summed E-state index contributed by atoms with van der Waals surface area (Å²) in [6.07, 6.45) is 0. The van der Waals surface area contributed by atoms with Gasteiger partial charge in [-0.15, -0.1) is 5.10 Å². The predicted molar refractivity (Wildman–Crippen MR) is 119 cm³/mol. The Kier molecular flexibility index (Phi) is 5.12. The molecule has 32 heavy (non-hydrogen) atoms. The van der Waals surface area contributed by atoms with Gasteiger partial charge in [0.25, 0.3) is 0 Å². The Morgan fingerprint density at radius 1 is 0.969 bits per heavy atom. The van der Waals surface area contributed by atoms with E-state index in [9.17, 15) is 4.79 Å². The zero-order valence-electron chi connectivity index (χ0n) is 17.7. The smallest absolute Gasteiger partial charge is 0.352 e. The summed E-state index contributed by atoms with van der Waals surface area (Å²) in [6, 6.07) is 21.0. The first-order valence-electron chi connectivity index (χ1n) is 10.2. The summed E-state index contributed by atoms with van der Waals surface area (Å²) < 4.78 is 14.0. The van der Waals surface area contributed by atoms with Crippen molar-refractivity contribution >= 4 is 5.65 Å². The normalized spacial score (nSPS) is 11.3. The second-order valence-electron chi connectivity index (χ2n) is 7.39. The van der Waals surface area contributed by atoms with Crippen LogP contribution in [0.2, 0.25) is 0 Å². The molecule has 3 aromatic heterocycles. The molecule has 5 rings (SSSR count). The Morgan fingerprint density at radius 3 is 2.34 bits per heavy atom. The van der Waals surface area contributed by atoms with E-state index >= 15 is 0 Å². The summed E-state index contributed by atoms with van der Waals surface area (Å²) in [7, 11) is 1.61. The molecular formula is C24H21N5O3. The lowest BCUT2D eigenvalue weighted by Gasteiger charge is -2.06. The zero-order chi connectivity index (χ0) is 22.1. The molecule has 5 aromatic rings. The first-order valence-corrected chi connectivity index (χ1v) is 10.2. The van der Waals surface area contributed by atoms with Crippen LogP contribution in [0.4, 0.5) is 0 Å². The van der Waals surface area contributed by atoms with Crippen LogP contribution in [0.1, 0.15) is 17.1 Å². The van der Waals surface area contributed by atoms with Gasteiger partial charge in [0.1, 0.15) is 17.3 Å². The molecule has 0 saturated heterocycles. The molecule has 160 valence electrons. The highest BCUT2D eigenvalue weighted by Gasteiger charge is 2.18. The van der Waals surface area contributed by atoms with Crippen LogP contribution >= 0.6 is 0 Å². The first-order chi connectivity index (χ1) is 15.6. The molecule has 0 amide bonds. The second-order valence-corrected chi connectivity index (χ2v) is 7.39. The Balaban J connectivity index is 1.60. The Labute approximate surface area is 183 Å².